The summed E-state index contributed by atoms with van der Waals surface area (Å²) in [6, 6.07) is 12.5. The van der Waals surface area contributed by atoms with Crippen LogP contribution in [0.25, 0.3) is 10.9 Å². The molecule has 126 valence electrons. The molecule has 0 bridgehead atoms. The van der Waals surface area contributed by atoms with Crippen molar-refractivity contribution in [2.45, 2.75) is 12.3 Å². The van der Waals surface area contributed by atoms with E-state index in [2.05, 4.69) is 0 Å². The first kappa shape index (κ1) is 16.2. The lowest BCUT2D eigenvalue weighted by molar-refractivity contribution is -0.135. The second-order valence-corrected chi connectivity index (χ2v) is 6.80. The van der Waals surface area contributed by atoms with Gasteiger partial charge in [-0.05, 0) is 29.8 Å². The molecular weight excluding hydrogens is 361 g/mol. The summed E-state index contributed by atoms with van der Waals surface area (Å²) in [6.07, 6.45) is 0.0179. The fourth-order valence-electron chi connectivity index (χ4n) is 3.42. The van der Waals surface area contributed by atoms with Crippen LogP contribution in [-0.4, -0.2) is 10.5 Å². The van der Waals surface area contributed by atoms with Gasteiger partial charge in [0.2, 0.25) is 0 Å². The van der Waals surface area contributed by atoms with Crippen molar-refractivity contribution in [1.82, 2.24) is 4.57 Å². The standard InChI is InChI=1S/C19H13Cl2NO3/c1-22-14-8-3-2-5-10(14)18-17(19(22)24)11(9-15(23)25-18)16-12(20)6-4-7-13(16)21/h2-8,11H,9H2,1H3/t11-/m0/s1. The van der Waals surface area contributed by atoms with E-state index < -0.39 is 11.9 Å². The minimum atomic E-state index is -0.541. The molecule has 0 spiro atoms. The first-order chi connectivity index (χ1) is 12.0. The third-order valence-electron chi connectivity index (χ3n) is 4.57. The maximum absolute atomic E-state index is 13.0. The van der Waals surface area contributed by atoms with Gasteiger partial charge in [0.25, 0.3) is 5.56 Å². The Balaban J connectivity index is 2.11. The quantitative estimate of drug-likeness (QED) is 0.597. The van der Waals surface area contributed by atoms with E-state index in [1.807, 2.05) is 24.3 Å². The van der Waals surface area contributed by atoms with Crippen molar-refractivity contribution in [2.24, 2.45) is 7.05 Å². The minimum Gasteiger partial charge on any atom is -0.425 e. The van der Waals surface area contributed by atoms with E-state index in [9.17, 15) is 9.59 Å². The van der Waals surface area contributed by atoms with E-state index >= 15 is 0 Å². The predicted octanol–water partition coefficient (Wildman–Crippen LogP) is 4.29. The number of aryl methyl sites for hydroxylation is 1. The molecule has 0 N–H and O–H groups in total. The van der Waals surface area contributed by atoms with Crippen LogP contribution in [0, 0.1) is 0 Å². The van der Waals surface area contributed by atoms with Crippen LogP contribution in [-0.2, 0) is 11.8 Å². The van der Waals surface area contributed by atoms with E-state index in [-0.39, 0.29) is 12.0 Å². The first-order valence-corrected chi connectivity index (χ1v) is 8.51. The Kier molecular flexibility index (Phi) is 3.82. The Morgan fingerprint density at radius 1 is 1.00 bits per heavy atom. The predicted molar refractivity (Wildman–Crippen MR) is 97.7 cm³/mol. The van der Waals surface area contributed by atoms with Crippen LogP contribution in [0.15, 0.2) is 47.3 Å². The second-order valence-electron chi connectivity index (χ2n) is 5.99. The second kappa shape index (κ2) is 5.90. The summed E-state index contributed by atoms with van der Waals surface area (Å²) in [5.74, 6) is -0.649. The molecule has 6 heteroatoms. The molecule has 4 rings (SSSR count). The Bertz CT molecular complexity index is 1070. The number of pyridine rings is 1. The van der Waals surface area contributed by atoms with Crippen molar-refractivity contribution in [1.29, 1.82) is 0 Å². The zero-order valence-corrected chi connectivity index (χ0v) is 14.8. The molecule has 2 heterocycles. The lowest BCUT2D eigenvalue weighted by Gasteiger charge is -2.27. The lowest BCUT2D eigenvalue weighted by atomic mass is 9.86. The fourth-order valence-corrected chi connectivity index (χ4v) is 4.08. The zero-order chi connectivity index (χ0) is 17.7. The molecule has 0 radical (unpaired) electrons. The molecule has 2 aromatic carbocycles. The van der Waals surface area contributed by atoms with Gasteiger partial charge in [-0.15, -0.1) is 0 Å². The van der Waals surface area contributed by atoms with Crippen molar-refractivity contribution in [2.75, 3.05) is 0 Å². The van der Waals surface area contributed by atoms with Gasteiger partial charge in [-0.25, -0.2) is 0 Å². The number of carbonyl (C=O) groups excluding carboxylic acids is 1. The molecule has 0 saturated carbocycles. The number of rotatable bonds is 1. The van der Waals surface area contributed by atoms with Gasteiger partial charge in [0, 0.05) is 28.4 Å². The number of aromatic nitrogens is 1. The largest absolute Gasteiger partial charge is 0.425 e. The number of nitrogens with zero attached hydrogens (tertiary/aromatic N) is 1. The molecule has 0 amide bonds. The van der Waals surface area contributed by atoms with Crippen LogP contribution in [0.4, 0.5) is 0 Å². The number of carbonyl (C=O) groups is 1. The smallest absolute Gasteiger partial charge is 0.312 e. The lowest BCUT2D eigenvalue weighted by Crippen LogP contribution is -2.31. The molecule has 0 unspecified atom stereocenters. The van der Waals surface area contributed by atoms with Crippen molar-refractivity contribution >= 4 is 40.1 Å². The van der Waals surface area contributed by atoms with E-state index in [1.54, 1.807) is 29.8 Å². The highest BCUT2D eigenvalue weighted by atomic mass is 35.5. The van der Waals surface area contributed by atoms with Gasteiger partial charge in [0.15, 0.2) is 0 Å². The first-order valence-electron chi connectivity index (χ1n) is 7.75. The Hall–Kier alpha value is -2.30. The third-order valence-corrected chi connectivity index (χ3v) is 5.23. The van der Waals surface area contributed by atoms with Gasteiger partial charge >= 0.3 is 5.97 Å². The highest BCUT2D eigenvalue weighted by Crippen LogP contribution is 2.44. The van der Waals surface area contributed by atoms with Gasteiger partial charge in [0.1, 0.15) is 5.75 Å². The molecule has 3 aromatic rings. The van der Waals surface area contributed by atoms with E-state index in [0.29, 0.717) is 37.8 Å². The molecule has 1 aromatic heterocycles. The van der Waals surface area contributed by atoms with Crippen LogP contribution in [0.3, 0.4) is 0 Å². The van der Waals surface area contributed by atoms with Crippen LogP contribution >= 0.6 is 23.2 Å². The monoisotopic (exact) mass is 373 g/mol. The van der Waals surface area contributed by atoms with E-state index in [4.69, 9.17) is 27.9 Å². The number of halogens is 2. The molecule has 4 nitrogen and oxygen atoms in total. The number of esters is 1. The molecule has 25 heavy (non-hydrogen) atoms. The summed E-state index contributed by atoms with van der Waals surface area (Å²) in [6.45, 7) is 0. The summed E-state index contributed by atoms with van der Waals surface area (Å²) < 4.78 is 7.03. The van der Waals surface area contributed by atoms with Crippen LogP contribution < -0.4 is 10.3 Å². The maximum atomic E-state index is 13.0. The average Bonchev–Trinajstić information content (AvgIpc) is 2.59. The molecule has 0 saturated heterocycles. The van der Waals surface area contributed by atoms with Crippen LogP contribution in [0.2, 0.25) is 10.0 Å². The molecule has 1 aliphatic rings. The summed E-state index contributed by atoms with van der Waals surface area (Å²) >= 11 is 12.7. The Morgan fingerprint density at radius 2 is 1.68 bits per heavy atom. The zero-order valence-electron chi connectivity index (χ0n) is 13.3. The number of para-hydroxylation sites is 1. The summed E-state index contributed by atoms with van der Waals surface area (Å²) in [4.78, 5) is 25.3. The third kappa shape index (κ3) is 2.44. The highest BCUT2D eigenvalue weighted by Gasteiger charge is 2.35. The summed E-state index contributed by atoms with van der Waals surface area (Å²) in [5, 5.41) is 1.56. The molecule has 0 fully saturated rings. The number of fused-ring (bicyclic) bond motifs is 3. The fraction of sp³-hybridized carbons (Fsp3) is 0.158. The maximum Gasteiger partial charge on any atom is 0.312 e. The average molecular weight is 374 g/mol. The van der Waals surface area contributed by atoms with Gasteiger partial charge in [-0.3, -0.25) is 9.59 Å². The van der Waals surface area contributed by atoms with Crippen molar-refractivity contribution in [3.05, 3.63) is 74.0 Å². The SMILES string of the molecule is Cn1c(=O)c2c(c3ccccc31)OC(=O)C[C@H]2c1c(Cl)cccc1Cl. The van der Waals surface area contributed by atoms with Crippen molar-refractivity contribution < 1.29 is 9.53 Å². The summed E-state index contributed by atoms with van der Waals surface area (Å²) in [5.41, 5.74) is 1.47. The topological polar surface area (TPSA) is 48.3 Å². The molecule has 0 aliphatic carbocycles. The minimum absolute atomic E-state index is 0.0179. The van der Waals surface area contributed by atoms with Crippen LogP contribution in [0.5, 0.6) is 5.75 Å². The van der Waals surface area contributed by atoms with E-state index in [1.165, 1.54) is 0 Å². The molecular formula is C19H13Cl2NO3. The van der Waals surface area contributed by atoms with Crippen LogP contribution in [0.1, 0.15) is 23.5 Å². The summed E-state index contributed by atoms with van der Waals surface area (Å²) in [7, 11) is 1.70. The van der Waals surface area contributed by atoms with Gasteiger partial charge in [-0.2, -0.15) is 0 Å². The molecule has 1 atom stereocenters. The van der Waals surface area contributed by atoms with Gasteiger partial charge in [-0.1, -0.05) is 41.4 Å². The van der Waals surface area contributed by atoms with Crippen molar-refractivity contribution in [3.8, 4) is 5.75 Å². The van der Waals surface area contributed by atoms with Crippen molar-refractivity contribution in [3.63, 3.8) is 0 Å². The molecule has 1 aliphatic heterocycles. The normalized spacial score (nSPS) is 16.6. The number of hydrogen-bond donors (Lipinski definition) is 0. The Labute approximate surface area is 153 Å². The highest BCUT2D eigenvalue weighted by molar-refractivity contribution is 6.36. The van der Waals surface area contributed by atoms with Gasteiger partial charge in [0.05, 0.1) is 17.5 Å². The Morgan fingerprint density at radius 3 is 2.40 bits per heavy atom. The van der Waals surface area contributed by atoms with E-state index in [0.717, 1.165) is 0 Å². The number of hydrogen-bond acceptors (Lipinski definition) is 3. The number of ether oxygens (including phenoxy) is 1. The number of benzene rings is 2. The van der Waals surface area contributed by atoms with Gasteiger partial charge < -0.3 is 9.30 Å².